The van der Waals surface area contributed by atoms with Gasteiger partial charge in [-0.05, 0) is 100 Å². The molecule has 6 rings (SSSR count). The summed E-state index contributed by atoms with van der Waals surface area (Å²) < 4.78 is 7.14. The fourth-order valence-corrected chi connectivity index (χ4v) is 8.43. The van der Waals surface area contributed by atoms with E-state index < -0.39 is 0 Å². The highest BCUT2D eigenvalue weighted by atomic mass is 16.5. The van der Waals surface area contributed by atoms with Gasteiger partial charge in [0.2, 0.25) is 0 Å². The van der Waals surface area contributed by atoms with Crippen molar-refractivity contribution < 1.29 is 4.74 Å². The average Bonchev–Trinajstić information content (AvgIpc) is 2.84. The minimum absolute atomic E-state index is 0.191. The van der Waals surface area contributed by atoms with Crippen molar-refractivity contribution in [3.63, 3.8) is 0 Å². The number of hydrogen-bond acceptors (Lipinski definition) is 1. The molecule has 2 aliphatic heterocycles. The third kappa shape index (κ3) is 1.55. The molecule has 0 amide bonds. The first kappa shape index (κ1) is 15.0. The van der Waals surface area contributed by atoms with E-state index in [9.17, 15) is 0 Å². The van der Waals surface area contributed by atoms with Crippen LogP contribution in [0.3, 0.4) is 0 Å². The first-order valence-electron chi connectivity index (χ1n) is 10.2. The Balaban J connectivity index is 1.62. The summed E-state index contributed by atoms with van der Waals surface area (Å²) in [4.78, 5) is 0. The van der Waals surface area contributed by atoms with E-state index in [1.54, 1.807) is 5.57 Å². The van der Waals surface area contributed by atoms with Crippen LogP contribution in [0.4, 0.5) is 0 Å². The van der Waals surface area contributed by atoms with Gasteiger partial charge in [-0.3, -0.25) is 0 Å². The van der Waals surface area contributed by atoms with E-state index in [0.717, 1.165) is 17.8 Å². The zero-order valence-corrected chi connectivity index (χ0v) is 15.6. The lowest BCUT2D eigenvalue weighted by molar-refractivity contribution is -0.358. The fraction of sp³-hybridized carbons (Fsp3) is 0.909. The van der Waals surface area contributed by atoms with Crippen molar-refractivity contribution in [2.24, 2.45) is 28.6 Å². The number of hydrogen-bond donors (Lipinski definition) is 0. The standard InChI is InChI=1S/C22H34O/c1-5-15-6-8-17-18-9-7-16-14-19(2)10-12-21(16,4)22(18,23-19)13-11-20(15,17)3/h5,16-18H,6-14H2,1-4H3/b15-5-/t16-,17?,18?,19+,20-,21+,22-/m1/s1. The fourth-order valence-electron chi connectivity index (χ4n) is 8.43. The topological polar surface area (TPSA) is 9.23 Å². The molecule has 2 unspecified atom stereocenters. The average molecular weight is 315 g/mol. The van der Waals surface area contributed by atoms with E-state index in [1.807, 2.05) is 0 Å². The third-order valence-electron chi connectivity index (χ3n) is 9.70. The minimum Gasteiger partial charge on any atom is -0.368 e. The Hall–Kier alpha value is -0.300. The predicted octanol–water partition coefficient (Wildman–Crippen LogP) is 5.89. The number of ether oxygens (including phenoxy) is 1. The maximum Gasteiger partial charge on any atom is 0.0777 e. The molecule has 1 spiro atoms. The zero-order valence-electron chi connectivity index (χ0n) is 15.6. The van der Waals surface area contributed by atoms with Crippen molar-refractivity contribution in [1.82, 2.24) is 0 Å². The van der Waals surface area contributed by atoms with Gasteiger partial charge in [0.1, 0.15) is 0 Å². The van der Waals surface area contributed by atoms with Gasteiger partial charge in [0.05, 0.1) is 11.2 Å². The summed E-state index contributed by atoms with van der Waals surface area (Å²) >= 11 is 0. The van der Waals surface area contributed by atoms with E-state index in [-0.39, 0.29) is 11.2 Å². The molecule has 6 aliphatic rings. The smallest absolute Gasteiger partial charge is 0.0777 e. The Labute approximate surface area is 142 Å². The molecule has 0 N–H and O–H groups in total. The Morgan fingerprint density at radius 1 is 0.957 bits per heavy atom. The van der Waals surface area contributed by atoms with Gasteiger partial charge in [-0.2, -0.15) is 0 Å². The largest absolute Gasteiger partial charge is 0.368 e. The van der Waals surface area contributed by atoms with Crippen LogP contribution in [0.15, 0.2) is 11.6 Å². The Morgan fingerprint density at radius 3 is 2.57 bits per heavy atom. The number of allylic oxidation sites excluding steroid dienone is 2. The molecule has 1 heteroatoms. The number of fused-ring (bicyclic) bond motifs is 3. The molecule has 6 fully saturated rings. The molecule has 1 nitrogen and oxygen atoms in total. The summed E-state index contributed by atoms with van der Waals surface area (Å²) in [5.41, 5.74) is 3.12. The lowest BCUT2D eigenvalue weighted by atomic mass is 9.40. The summed E-state index contributed by atoms with van der Waals surface area (Å²) in [6.45, 7) is 9.91. The zero-order chi connectivity index (χ0) is 16.1. The molecule has 0 aromatic heterocycles. The van der Waals surface area contributed by atoms with Crippen molar-refractivity contribution in [3.05, 3.63) is 11.6 Å². The van der Waals surface area contributed by atoms with Gasteiger partial charge in [-0.25, -0.2) is 0 Å². The molecule has 0 aromatic carbocycles. The van der Waals surface area contributed by atoms with Crippen molar-refractivity contribution in [2.75, 3.05) is 0 Å². The monoisotopic (exact) mass is 314 g/mol. The highest BCUT2D eigenvalue weighted by Crippen LogP contribution is 2.74. The maximum absolute atomic E-state index is 7.14. The van der Waals surface area contributed by atoms with E-state index in [4.69, 9.17) is 4.74 Å². The minimum atomic E-state index is 0.191. The molecule has 2 saturated heterocycles. The van der Waals surface area contributed by atoms with Crippen molar-refractivity contribution in [2.45, 2.75) is 96.7 Å². The van der Waals surface area contributed by atoms with Gasteiger partial charge in [0, 0.05) is 0 Å². The van der Waals surface area contributed by atoms with E-state index in [1.165, 1.54) is 57.8 Å². The first-order valence-corrected chi connectivity index (χ1v) is 10.2. The van der Waals surface area contributed by atoms with Crippen LogP contribution in [-0.2, 0) is 4.74 Å². The highest BCUT2D eigenvalue weighted by Gasteiger charge is 2.72. The Morgan fingerprint density at radius 2 is 1.78 bits per heavy atom. The van der Waals surface area contributed by atoms with Gasteiger partial charge in [0.25, 0.3) is 0 Å². The molecule has 0 radical (unpaired) electrons. The van der Waals surface area contributed by atoms with E-state index in [0.29, 0.717) is 10.8 Å². The molecular formula is C22H34O. The molecule has 4 aliphatic carbocycles. The normalized spacial score (nSPS) is 62.3. The summed E-state index contributed by atoms with van der Waals surface area (Å²) in [6.07, 6.45) is 14.9. The van der Waals surface area contributed by atoms with Crippen LogP contribution in [0, 0.1) is 28.6 Å². The molecular weight excluding hydrogens is 280 g/mol. The van der Waals surface area contributed by atoms with Crippen molar-refractivity contribution in [3.8, 4) is 0 Å². The maximum atomic E-state index is 7.14. The second-order valence-electron chi connectivity index (χ2n) is 10.3. The van der Waals surface area contributed by atoms with Crippen LogP contribution in [0.5, 0.6) is 0 Å². The van der Waals surface area contributed by atoms with Crippen LogP contribution >= 0.6 is 0 Å². The Kier molecular flexibility index (Phi) is 2.78. The molecule has 4 bridgehead atoms. The molecule has 23 heavy (non-hydrogen) atoms. The van der Waals surface area contributed by atoms with Gasteiger partial charge < -0.3 is 4.74 Å². The number of rotatable bonds is 0. The predicted molar refractivity (Wildman–Crippen MR) is 94.2 cm³/mol. The summed E-state index contributed by atoms with van der Waals surface area (Å²) in [6, 6.07) is 0. The summed E-state index contributed by atoms with van der Waals surface area (Å²) in [7, 11) is 0. The van der Waals surface area contributed by atoms with E-state index in [2.05, 4.69) is 33.8 Å². The molecule has 2 heterocycles. The van der Waals surface area contributed by atoms with Crippen LogP contribution in [0.2, 0.25) is 0 Å². The van der Waals surface area contributed by atoms with Crippen LogP contribution in [0.25, 0.3) is 0 Å². The lowest BCUT2D eigenvalue weighted by Gasteiger charge is -2.73. The second kappa shape index (κ2) is 4.26. The molecule has 7 atom stereocenters. The van der Waals surface area contributed by atoms with Gasteiger partial charge in [0.15, 0.2) is 0 Å². The quantitative estimate of drug-likeness (QED) is 0.507. The molecule has 128 valence electrons. The van der Waals surface area contributed by atoms with Crippen LogP contribution in [0.1, 0.15) is 85.5 Å². The SMILES string of the molecule is C/C=C1/CCC2C3CC[C@@H]4C[C@]5(C)CC[C@]4(C)[C@]3(CC[C@]12C)O5. The Bertz CT molecular complexity index is 579. The van der Waals surface area contributed by atoms with Crippen LogP contribution < -0.4 is 0 Å². The summed E-state index contributed by atoms with van der Waals surface area (Å²) in [5, 5.41) is 0. The lowest BCUT2D eigenvalue weighted by Crippen LogP contribution is -2.73. The second-order valence-corrected chi connectivity index (χ2v) is 10.3. The third-order valence-corrected chi connectivity index (χ3v) is 9.70. The summed E-state index contributed by atoms with van der Waals surface area (Å²) in [5.74, 6) is 2.63. The van der Waals surface area contributed by atoms with E-state index >= 15 is 0 Å². The molecule has 4 saturated carbocycles. The van der Waals surface area contributed by atoms with Crippen LogP contribution in [-0.4, -0.2) is 11.2 Å². The van der Waals surface area contributed by atoms with Gasteiger partial charge in [-0.15, -0.1) is 0 Å². The highest BCUT2D eigenvalue weighted by molar-refractivity contribution is 5.28. The van der Waals surface area contributed by atoms with Crippen molar-refractivity contribution in [1.29, 1.82) is 0 Å². The van der Waals surface area contributed by atoms with Gasteiger partial charge >= 0.3 is 0 Å². The first-order chi connectivity index (χ1) is 10.9. The molecule has 0 aromatic rings. The van der Waals surface area contributed by atoms with Gasteiger partial charge in [-0.1, -0.05) is 25.5 Å². The van der Waals surface area contributed by atoms with Crippen molar-refractivity contribution >= 4 is 0 Å².